The Labute approximate surface area is 101 Å². The van der Waals surface area contributed by atoms with Gasteiger partial charge in [-0.1, -0.05) is 6.42 Å². The highest BCUT2D eigenvalue weighted by Crippen LogP contribution is 2.42. The zero-order chi connectivity index (χ0) is 11.4. The number of aliphatic hydroxyl groups is 1. The summed E-state index contributed by atoms with van der Waals surface area (Å²) in [4.78, 5) is 0. The van der Waals surface area contributed by atoms with Crippen molar-refractivity contribution in [1.29, 1.82) is 0 Å². The van der Waals surface area contributed by atoms with Gasteiger partial charge >= 0.3 is 0 Å². The van der Waals surface area contributed by atoms with Gasteiger partial charge in [-0.2, -0.15) is 11.8 Å². The Morgan fingerprint density at radius 1 is 1.62 bits per heavy atom. The third-order valence-corrected chi connectivity index (χ3v) is 4.77. The molecule has 1 aromatic heterocycles. The summed E-state index contributed by atoms with van der Waals surface area (Å²) < 4.78 is 5.57. The largest absolute Gasteiger partial charge is 0.467 e. The first kappa shape index (κ1) is 12.0. The maximum atomic E-state index is 9.81. The second kappa shape index (κ2) is 5.25. The molecule has 16 heavy (non-hydrogen) atoms. The second-order valence-corrected chi connectivity index (χ2v) is 5.68. The van der Waals surface area contributed by atoms with Crippen LogP contribution in [0.15, 0.2) is 22.8 Å². The number of thioether (sulfide) groups is 1. The van der Waals surface area contributed by atoms with Crippen molar-refractivity contribution < 1.29 is 9.52 Å². The molecule has 0 saturated heterocycles. The maximum Gasteiger partial charge on any atom is 0.133 e. The van der Waals surface area contributed by atoms with Crippen molar-refractivity contribution in [2.24, 2.45) is 0 Å². The molecule has 2 N–H and O–H groups in total. The topological polar surface area (TPSA) is 45.4 Å². The van der Waals surface area contributed by atoms with Crippen molar-refractivity contribution in [1.82, 2.24) is 5.32 Å². The van der Waals surface area contributed by atoms with Gasteiger partial charge in [0.05, 0.1) is 6.26 Å². The summed E-state index contributed by atoms with van der Waals surface area (Å²) in [7, 11) is 0. The van der Waals surface area contributed by atoms with Gasteiger partial charge in [0, 0.05) is 17.8 Å². The summed E-state index contributed by atoms with van der Waals surface area (Å²) in [6.45, 7) is 1.54. The Morgan fingerprint density at radius 3 is 2.94 bits per heavy atom. The number of hydrogen-bond acceptors (Lipinski definition) is 4. The lowest BCUT2D eigenvalue weighted by Crippen LogP contribution is -2.44. The summed E-state index contributed by atoms with van der Waals surface area (Å²) in [5.74, 6) is 0.638. The Balaban J connectivity index is 1.72. The van der Waals surface area contributed by atoms with Crippen molar-refractivity contribution >= 4 is 11.8 Å². The number of aliphatic hydroxyl groups excluding tert-OH is 1. The lowest BCUT2D eigenvalue weighted by atomic mass is 9.84. The smallest absolute Gasteiger partial charge is 0.133 e. The standard InChI is InChI=1S/C12H19NO2S/c1-16-12(5-3-6-12)9-13-8-10(14)11-4-2-7-15-11/h2,4,7,10,13-14H,3,5-6,8-9H2,1H3. The predicted molar refractivity (Wildman–Crippen MR) is 66.6 cm³/mol. The summed E-state index contributed by atoms with van der Waals surface area (Å²) in [5, 5.41) is 13.1. The van der Waals surface area contributed by atoms with E-state index in [1.165, 1.54) is 19.3 Å². The molecule has 90 valence electrons. The molecular formula is C12H19NO2S. The minimum absolute atomic E-state index is 0.420. The first-order valence-electron chi connectivity index (χ1n) is 5.73. The quantitative estimate of drug-likeness (QED) is 0.801. The maximum absolute atomic E-state index is 9.81. The Kier molecular flexibility index (Phi) is 3.95. The van der Waals surface area contributed by atoms with Gasteiger partial charge in [-0.05, 0) is 31.2 Å². The van der Waals surface area contributed by atoms with Gasteiger partial charge in [0.2, 0.25) is 0 Å². The molecule has 2 rings (SSSR count). The Morgan fingerprint density at radius 2 is 2.44 bits per heavy atom. The van der Waals surface area contributed by atoms with E-state index in [-0.39, 0.29) is 0 Å². The normalized spacial score (nSPS) is 20.4. The fourth-order valence-corrected chi connectivity index (χ4v) is 2.99. The lowest BCUT2D eigenvalue weighted by Gasteiger charge is -2.40. The van der Waals surface area contributed by atoms with E-state index in [2.05, 4.69) is 11.6 Å². The average Bonchev–Trinajstić information content (AvgIpc) is 2.75. The molecule has 0 spiro atoms. The van der Waals surface area contributed by atoms with Gasteiger partial charge in [0.25, 0.3) is 0 Å². The average molecular weight is 241 g/mol. The Hall–Kier alpha value is -0.450. The number of nitrogens with one attached hydrogen (secondary N) is 1. The van der Waals surface area contributed by atoms with E-state index in [0.717, 1.165) is 6.54 Å². The van der Waals surface area contributed by atoms with E-state index in [1.54, 1.807) is 18.4 Å². The van der Waals surface area contributed by atoms with Crippen LogP contribution in [0.1, 0.15) is 31.1 Å². The molecule has 1 aliphatic rings. The van der Waals surface area contributed by atoms with Gasteiger partial charge < -0.3 is 14.8 Å². The predicted octanol–water partition coefficient (Wildman–Crippen LogP) is 2.19. The molecule has 1 aliphatic carbocycles. The highest BCUT2D eigenvalue weighted by atomic mass is 32.2. The van der Waals surface area contributed by atoms with Crippen LogP contribution in [0, 0.1) is 0 Å². The Bertz CT molecular complexity index is 303. The van der Waals surface area contributed by atoms with Crippen LogP contribution in [0.2, 0.25) is 0 Å². The molecule has 0 aliphatic heterocycles. The zero-order valence-electron chi connectivity index (χ0n) is 9.61. The molecule has 0 aromatic carbocycles. The molecule has 1 saturated carbocycles. The summed E-state index contributed by atoms with van der Waals surface area (Å²) in [6.07, 6.45) is 7.14. The van der Waals surface area contributed by atoms with Crippen molar-refractivity contribution in [2.45, 2.75) is 30.1 Å². The van der Waals surface area contributed by atoms with Crippen molar-refractivity contribution in [3.63, 3.8) is 0 Å². The summed E-state index contributed by atoms with van der Waals surface area (Å²) in [6, 6.07) is 3.61. The molecule has 1 heterocycles. The van der Waals surface area contributed by atoms with E-state index in [0.29, 0.717) is 17.1 Å². The number of hydrogen-bond donors (Lipinski definition) is 2. The highest BCUT2D eigenvalue weighted by molar-refractivity contribution is 8.00. The molecular weight excluding hydrogens is 222 g/mol. The van der Waals surface area contributed by atoms with Crippen LogP contribution in [0.4, 0.5) is 0 Å². The molecule has 0 bridgehead atoms. The van der Waals surface area contributed by atoms with E-state index in [1.807, 2.05) is 11.8 Å². The first-order chi connectivity index (χ1) is 7.76. The van der Waals surface area contributed by atoms with Gasteiger partial charge in [-0.25, -0.2) is 0 Å². The molecule has 0 amide bonds. The van der Waals surface area contributed by atoms with Crippen LogP contribution < -0.4 is 5.32 Å². The highest BCUT2D eigenvalue weighted by Gasteiger charge is 2.35. The lowest BCUT2D eigenvalue weighted by molar-refractivity contribution is 0.145. The van der Waals surface area contributed by atoms with Gasteiger partial charge in [0.15, 0.2) is 0 Å². The number of furan rings is 1. The van der Waals surface area contributed by atoms with Gasteiger partial charge in [0.1, 0.15) is 11.9 Å². The monoisotopic (exact) mass is 241 g/mol. The van der Waals surface area contributed by atoms with Crippen LogP contribution in [0.25, 0.3) is 0 Å². The van der Waals surface area contributed by atoms with Crippen LogP contribution >= 0.6 is 11.8 Å². The number of rotatable bonds is 6. The van der Waals surface area contributed by atoms with Crippen molar-refractivity contribution in [2.75, 3.05) is 19.3 Å². The summed E-state index contributed by atoms with van der Waals surface area (Å²) in [5.41, 5.74) is 0. The third kappa shape index (κ3) is 2.62. The molecule has 1 fully saturated rings. The molecule has 3 nitrogen and oxygen atoms in total. The third-order valence-electron chi connectivity index (χ3n) is 3.35. The minimum Gasteiger partial charge on any atom is -0.467 e. The minimum atomic E-state index is -0.533. The van der Waals surface area contributed by atoms with E-state index >= 15 is 0 Å². The summed E-state index contributed by atoms with van der Waals surface area (Å²) >= 11 is 1.94. The van der Waals surface area contributed by atoms with Crippen LogP contribution in [-0.2, 0) is 0 Å². The van der Waals surface area contributed by atoms with Crippen molar-refractivity contribution in [3.05, 3.63) is 24.2 Å². The van der Waals surface area contributed by atoms with Gasteiger partial charge in [-0.15, -0.1) is 0 Å². The van der Waals surface area contributed by atoms with Crippen LogP contribution in [-0.4, -0.2) is 29.2 Å². The van der Waals surface area contributed by atoms with Crippen LogP contribution in [0.5, 0.6) is 0 Å². The fraction of sp³-hybridized carbons (Fsp3) is 0.667. The SMILES string of the molecule is CSC1(CNCC(O)c2ccco2)CCC1. The van der Waals surface area contributed by atoms with Crippen LogP contribution in [0.3, 0.4) is 0 Å². The van der Waals surface area contributed by atoms with E-state index < -0.39 is 6.10 Å². The van der Waals surface area contributed by atoms with E-state index in [4.69, 9.17) is 4.42 Å². The molecule has 4 heteroatoms. The van der Waals surface area contributed by atoms with Gasteiger partial charge in [-0.3, -0.25) is 0 Å². The molecule has 1 atom stereocenters. The molecule has 0 radical (unpaired) electrons. The molecule has 1 aromatic rings. The molecule has 1 unspecified atom stereocenters. The first-order valence-corrected chi connectivity index (χ1v) is 6.96. The zero-order valence-corrected chi connectivity index (χ0v) is 10.4. The van der Waals surface area contributed by atoms with Crippen molar-refractivity contribution in [3.8, 4) is 0 Å². The second-order valence-electron chi connectivity index (χ2n) is 4.40. The van der Waals surface area contributed by atoms with E-state index in [9.17, 15) is 5.11 Å². The fourth-order valence-electron chi connectivity index (χ4n) is 2.04.